The average Bonchev–Trinajstić information content (AvgIpc) is 2.57. The van der Waals surface area contributed by atoms with E-state index in [1.807, 2.05) is 51.1 Å². The van der Waals surface area contributed by atoms with Gasteiger partial charge in [0, 0.05) is 5.56 Å². The number of hydrogen-bond donors (Lipinski definition) is 2. The van der Waals surface area contributed by atoms with E-state index in [4.69, 9.17) is 4.74 Å². The van der Waals surface area contributed by atoms with Crippen molar-refractivity contribution < 1.29 is 14.3 Å². The van der Waals surface area contributed by atoms with Gasteiger partial charge in [-0.3, -0.25) is 20.4 Å². The van der Waals surface area contributed by atoms with Gasteiger partial charge in [-0.15, -0.1) is 0 Å². The van der Waals surface area contributed by atoms with Crippen molar-refractivity contribution in [2.45, 2.75) is 40.5 Å². The van der Waals surface area contributed by atoms with Crippen molar-refractivity contribution in [2.24, 2.45) is 0 Å². The fourth-order valence-electron chi connectivity index (χ4n) is 2.83. The van der Waals surface area contributed by atoms with Crippen molar-refractivity contribution in [1.82, 2.24) is 10.9 Å². The molecular weight excluding hydrogens is 328 g/mol. The van der Waals surface area contributed by atoms with Crippen LogP contribution in [0, 0.1) is 20.8 Å². The van der Waals surface area contributed by atoms with E-state index in [0.717, 1.165) is 16.7 Å². The average molecular weight is 354 g/mol. The molecule has 0 saturated heterocycles. The van der Waals surface area contributed by atoms with Crippen LogP contribution in [0.15, 0.2) is 36.4 Å². The molecule has 0 unspecified atom stereocenters. The van der Waals surface area contributed by atoms with Gasteiger partial charge in [0.05, 0.1) is 0 Å². The van der Waals surface area contributed by atoms with Crippen LogP contribution >= 0.6 is 0 Å². The third-order valence-electron chi connectivity index (χ3n) is 4.18. The highest BCUT2D eigenvalue weighted by Crippen LogP contribution is 2.23. The highest BCUT2D eigenvalue weighted by molar-refractivity contribution is 5.96. The van der Waals surface area contributed by atoms with Crippen LogP contribution in [0.2, 0.25) is 0 Å². The highest BCUT2D eigenvalue weighted by atomic mass is 16.5. The molecular formula is C21H26N2O3. The molecule has 0 spiro atoms. The van der Waals surface area contributed by atoms with Gasteiger partial charge in [-0.2, -0.15) is 0 Å². The predicted molar refractivity (Wildman–Crippen MR) is 102 cm³/mol. The van der Waals surface area contributed by atoms with Crippen molar-refractivity contribution in [1.29, 1.82) is 0 Å². The van der Waals surface area contributed by atoms with E-state index >= 15 is 0 Å². The summed E-state index contributed by atoms with van der Waals surface area (Å²) in [4.78, 5) is 24.0. The lowest BCUT2D eigenvalue weighted by atomic mass is 9.98. The smallest absolute Gasteiger partial charge is 0.276 e. The van der Waals surface area contributed by atoms with E-state index in [-0.39, 0.29) is 12.5 Å². The Morgan fingerprint density at radius 1 is 0.962 bits per heavy atom. The first-order valence-corrected chi connectivity index (χ1v) is 8.67. The minimum atomic E-state index is -0.422. The Morgan fingerprint density at radius 3 is 2.31 bits per heavy atom. The number of aryl methyl sites for hydroxylation is 3. The zero-order chi connectivity index (χ0) is 19.3. The first-order valence-electron chi connectivity index (χ1n) is 8.67. The zero-order valence-corrected chi connectivity index (χ0v) is 16.0. The lowest BCUT2D eigenvalue weighted by Gasteiger charge is -2.13. The molecule has 138 valence electrons. The summed E-state index contributed by atoms with van der Waals surface area (Å²) in [5, 5.41) is 0. The number of rotatable bonds is 5. The quantitative estimate of drug-likeness (QED) is 0.807. The molecule has 2 rings (SSSR count). The molecule has 5 heteroatoms. The van der Waals surface area contributed by atoms with E-state index in [1.165, 1.54) is 5.56 Å². The maximum atomic E-state index is 12.1. The van der Waals surface area contributed by atoms with Gasteiger partial charge < -0.3 is 4.74 Å². The lowest BCUT2D eigenvalue weighted by Crippen LogP contribution is -2.44. The van der Waals surface area contributed by atoms with E-state index in [0.29, 0.717) is 17.2 Å². The third-order valence-corrected chi connectivity index (χ3v) is 4.18. The molecule has 0 aromatic heterocycles. The molecule has 2 amide bonds. The Bertz CT molecular complexity index is 813. The summed E-state index contributed by atoms with van der Waals surface area (Å²) in [5.74, 6) is 0.289. The molecule has 0 atom stereocenters. The number of hydrogen-bond acceptors (Lipinski definition) is 3. The van der Waals surface area contributed by atoms with Crippen molar-refractivity contribution in [3.05, 3.63) is 64.2 Å². The summed E-state index contributed by atoms with van der Waals surface area (Å²) < 4.78 is 5.50. The van der Waals surface area contributed by atoms with Crippen molar-refractivity contribution in [2.75, 3.05) is 6.61 Å². The molecule has 2 N–H and O–H groups in total. The number of carbonyl (C=O) groups excluding carboxylic acids is 2. The predicted octanol–water partition coefficient (Wildman–Crippen LogP) is 3.58. The minimum Gasteiger partial charge on any atom is -0.484 e. The van der Waals surface area contributed by atoms with Crippen LogP contribution in [0.4, 0.5) is 0 Å². The van der Waals surface area contributed by atoms with Gasteiger partial charge in [-0.05, 0) is 61.6 Å². The maximum Gasteiger partial charge on any atom is 0.276 e. The van der Waals surface area contributed by atoms with E-state index < -0.39 is 5.91 Å². The summed E-state index contributed by atoms with van der Waals surface area (Å²) in [6.07, 6.45) is 0. The van der Waals surface area contributed by atoms with Gasteiger partial charge in [0.1, 0.15) is 5.75 Å². The third kappa shape index (κ3) is 5.09. The molecule has 0 radical (unpaired) electrons. The Kier molecular flexibility index (Phi) is 6.39. The number of ether oxygens (including phenoxy) is 1. The summed E-state index contributed by atoms with van der Waals surface area (Å²) >= 11 is 0. The second-order valence-corrected chi connectivity index (χ2v) is 6.78. The lowest BCUT2D eigenvalue weighted by molar-refractivity contribution is -0.123. The molecule has 0 saturated carbocycles. The van der Waals surface area contributed by atoms with Crippen molar-refractivity contribution >= 4 is 11.8 Å². The Morgan fingerprint density at radius 2 is 1.69 bits per heavy atom. The van der Waals surface area contributed by atoms with E-state index in [9.17, 15) is 9.59 Å². The molecule has 0 bridgehead atoms. The maximum absolute atomic E-state index is 12.1. The number of benzene rings is 2. The molecule has 26 heavy (non-hydrogen) atoms. The number of amides is 2. The largest absolute Gasteiger partial charge is 0.484 e. The topological polar surface area (TPSA) is 67.4 Å². The molecule has 0 aliphatic rings. The molecule has 0 aliphatic carbocycles. The second-order valence-electron chi connectivity index (χ2n) is 6.78. The van der Waals surface area contributed by atoms with Crippen molar-refractivity contribution in [3.8, 4) is 5.75 Å². The Hall–Kier alpha value is -2.82. The number of hydrazine groups is 1. The highest BCUT2D eigenvalue weighted by Gasteiger charge is 2.11. The van der Waals surface area contributed by atoms with Gasteiger partial charge in [0.15, 0.2) is 6.61 Å². The zero-order valence-electron chi connectivity index (χ0n) is 16.0. The standard InChI is InChI=1S/C21H26N2O3/c1-13(2)18-9-7-17(11-16(18)5)26-12-20(24)22-23-21(25)19-8-6-14(3)10-15(19)4/h6-11,13H,12H2,1-5H3,(H,22,24)(H,23,25). The summed E-state index contributed by atoms with van der Waals surface area (Å²) in [7, 11) is 0. The van der Waals surface area contributed by atoms with Crippen LogP contribution in [-0.4, -0.2) is 18.4 Å². The fourth-order valence-corrected chi connectivity index (χ4v) is 2.83. The summed E-state index contributed by atoms with van der Waals surface area (Å²) in [5.41, 5.74) is 9.62. The van der Waals surface area contributed by atoms with E-state index in [2.05, 4.69) is 24.7 Å². The normalized spacial score (nSPS) is 10.5. The van der Waals surface area contributed by atoms with Crippen LogP contribution in [0.1, 0.15) is 52.4 Å². The number of carbonyl (C=O) groups is 2. The van der Waals surface area contributed by atoms with E-state index in [1.54, 1.807) is 6.07 Å². The SMILES string of the molecule is Cc1ccc(C(=O)NNC(=O)COc2ccc(C(C)C)c(C)c2)c(C)c1. The number of nitrogens with one attached hydrogen (secondary N) is 2. The first kappa shape index (κ1) is 19.5. The van der Waals surface area contributed by atoms with Gasteiger partial charge >= 0.3 is 0 Å². The van der Waals surface area contributed by atoms with Crippen LogP contribution in [0.3, 0.4) is 0 Å². The molecule has 2 aromatic carbocycles. The first-order chi connectivity index (χ1) is 12.3. The van der Waals surface area contributed by atoms with Crippen molar-refractivity contribution in [3.63, 3.8) is 0 Å². The van der Waals surface area contributed by atoms with Gasteiger partial charge in [0.25, 0.3) is 11.8 Å². The second kappa shape index (κ2) is 8.52. The molecule has 0 aliphatic heterocycles. The van der Waals surface area contributed by atoms with Gasteiger partial charge in [-0.25, -0.2) is 0 Å². The summed E-state index contributed by atoms with van der Waals surface area (Å²) in [6.45, 7) is 9.93. The summed E-state index contributed by atoms with van der Waals surface area (Å²) in [6, 6.07) is 11.3. The van der Waals surface area contributed by atoms with Crippen LogP contribution in [0.5, 0.6) is 5.75 Å². The minimum absolute atomic E-state index is 0.173. The monoisotopic (exact) mass is 354 g/mol. The molecule has 0 fully saturated rings. The molecule has 5 nitrogen and oxygen atoms in total. The van der Waals surface area contributed by atoms with Crippen LogP contribution in [-0.2, 0) is 4.79 Å². The Balaban J connectivity index is 1.85. The Labute approximate surface area is 154 Å². The molecule has 0 heterocycles. The van der Waals surface area contributed by atoms with Crippen LogP contribution < -0.4 is 15.6 Å². The molecule has 2 aromatic rings. The van der Waals surface area contributed by atoms with Crippen LogP contribution in [0.25, 0.3) is 0 Å². The fraction of sp³-hybridized carbons (Fsp3) is 0.333. The van der Waals surface area contributed by atoms with Gasteiger partial charge in [0.2, 0.25) is 0 Å². The van der Waals surface area contributed by atoms with Gasteiger partial charge in [-0.1, -0.05) is 37.6 Å².